The minimum absolute atomic E-state index is 0. The van der Waals surface area contributed by atoms with Crippen molar-refractivity contribution in [1.29, 1.82) is 0 Å². The van der Waals surface area contributed by atoms with Gasteiger partial charge in [-0.3, -0.25) is 0 Å². The smallest absolute Gasteiger partial charge is 0.250 e. The second-order valence-electron chi connectivity index (χ2n) is 4.26. The first-order valence-electron chi connectivity index (χ1n) is 5.47. The number of sulfonamides is 1. The van der Waals surface area contributed by atoms with Gasteiger partial charge in [0.1, 0.15) is 4.21 Å². The van der Waals surface area contributed by atoms with E-state index in [-0.39, 0.29) is 18.4 Å². The van der Waals surface area contributed by atoms with Crippen LogP contribution in [0.5, 0.6) is 0 Å². The molecule has 0 spiro atoms. The van der Waals surface area contributed by atoms with Gasteiger partial charge in [0.15, 0.2) is 0 Å². The van der Waals surface area contributed by atoms with E-state index in [2.05, 4.69) is 32.9 Å². The van der Waals surface area contributed by atoms with Gasteiger partial charge in [0.05, 0.1) is 3.79 Å². The van der Waals surface area contributed by atoms with E-state index in [4.69, 9.17) is 0 Å². The van der Waals surface area contributed by atoms with Crippen LogP contribution in [0.15, 0.2) is 20.1 Å². The van der Waals surface area contributed by atoms with Crippen molar-refractivity contribution < 1.29 is 8.42 Å². The number of thiophene rings is 1. The van der Waals surface area contributed by atoms with Gasteiger partial charge < -0.3 is 5.32 Å². The Morgan fingerprint density at radius 2 is 2.22 bits per heavy atom. The molecular formula is C10H16BrClN2O2S2. The molecule has 104 valence electrons. The Morgan fingerprint density at radius 1 is 1.50 bits per heavy atom. The van der Waals surface area contributed by atoms with Gasteiger partial charge in [-0.1, -0.05) is 6.92 Å². The Morgan fingerprint density at radius 3 is 2.78 bits per heavy atom. The summed E-state index contributed by atoms with van der Waals surface area (Å²) < 4.78 is 28.2. The van der Waals surface area contributed by atoms with Crippen molar-refractivity contribution in [2.45, 2.75) is 23.6 Å². The average Bonchev–Trinajstić information content (AvgIpc) is 2.69. The van der Waals surface area contributed by atoms with Crippen molar-refractivity contribution in [2.24, 2.45) is 5.92 Å². The summed E-state index contributed by atoms with van der Waals surface area (Å²) >= 11 is 4.51. The molecule has 1 aliphatic rings. The molecule has 0 amide bonds. The fourth-order valence-corrected chi connectivity index (χ4v) is 5.29. The molecule has 1 saturated heterocycles. The fraction of sp³-hybridized carbons (Fsp3) is 0.600. The van der Waals surface area contributed by atoms with Gasteiger partial charge in [-0.05, 0) is 53.5 Å². The van der Waals surface area contributed by atoms with E-state index in [9.17, 15) is 8.42 Å². The van der Waals surface area contributed by atoms with Crippen LogP contribution in [0.2, 0.25) is 0 Å². The van der Waals surface area contributed by atoms with Crippen LogP contribution in [0, 0.1) is 5.92 Å². The maximum atomic E-state index is 12.1. The van der Waals surface area contributed by atoms with Crippen LogP contribution in [0.3, 0.4) is 0 Å². The van der Waals surface area contributed by atoms with Gasteiger partial charge in [0, 0.05) is 6.04 Å². The van der Waals surface area contributed by atoms with Crippen molar-refractivity contribution in [1.82, 2.24) is 10.0 Å². The molecule has 2 N–H and O–H groups in total. The van der Waals surface area contributed by atoms with E-state index in [1.165, 1.54) is 11.3 Å². The molecule has 4 nitrogen and oxygen atoms in total. The van der Waals surface area contributed by atoms with E-state index in [1.54, 1.807) is 12.1 Å². The molecule has 2 rings (SSSR count). The number of rotatable bonds is 3. The summed E-state index contributed by atoms with van der Waals surface area (Å²) in [5, 5.41) is 3.25. The normalized spacial score (nSPS) is 24.6. The SMILES string of the molecule is CC1CNCCC1NS(=O)(=O)c1ccc(Br)s1.Cl. The minimum Gasteiger partial charge on any atom is -0.316 e. The predicted octanol–water partition coefficient (Wildman–Crippen LogP) is 2.21. The van der Waals surface area contributed by atoms with Crippen molar-refractivity contribution in [2.75, 3.05) is 13.1 Å². The van der Waals surface area contributed by atoms with Crippen LogP contribution >= 0.6 is 39.7 Å². The number of nitrogens with one attached hydrogen (secondary N) is 2. The number of piperidine rings is 1. The second kappa shape index (κ2) is 6.67. The quantitative estimate of drug-likeness (QED) is 0.851. The zero-order chi connectivity index (χ0) is 12.5. The average molecular weight is 376 g/mol. The van der Waals surface area contributed by atoms with E-state index in [0.29, 0.717) is 10.1 Å². The Labute approximate surface area is 126 Å². The summed E-state index contributed by atoms with van der Waals surface area (Å²) in [6.45, 7) is 3.79. The number of hydrogen-bond acceptors (Lipinski definition) is 4. The van der Waals surface area contributed by atoms with Crippen molar-refractivity contribution >= 4 is 49.7 Å². The van der Waals surface area contributed by atoms with Crippen LogP contribution < -0.4 is 10.0 Å². The Bertz CT molecular complexity index is 492. The third-order valence-electron chi connectivity index (χ3n) is 2.91. The van der Waals surface area contributed by atoms with Crippen LogP contribution in [-0.4, -0.2) is 27.5 Å². The molecule has 8 heteroatoms. The van der Waals surface area contributed by atoms with Gasteiger partial charge in [0.2, 0.25) is 10.0 Å². The molecule has 0 aliphatic carbocycles. The van der Waals surface area contributed by atoms with Gasteiger partial charge in [-0.25, -0.2) is 13.1 Å². The zero-order valence-corrected chi connectivity index (χ0v) is 13.9. The molecule has 1 aliphatic heterocycles. The lowest BCUT2D eigenvalue weighted by Gasteiger charge is -2.29. The standard InChI is InChI=1S/C10H15BrN2O2S2.ClH/c1-7-6-12-5-4-8(7)13-17(14,15)10-3-2-9(11)16-10;/h2-3,7-8,12-13H,4-6H2,1H3;1H. The van der Waals surface area contributed by atoms with E-state index >= 15 is 0 Å². The minimum atomic E-state index is -3.36. The van der Waals surface area contributed by atoms with Crippen LogP contribution in [0.1, 0.15) is 13.3 Å². The zero-order valence-electron chi connectivity index (χ0n) is 9.85. The molecule has 0 bridgehead atoms. The Hall–Kier alpha value is 0.340. The molecule has 1 aromatic heterocycles. The summed E-state index contributed by atoms with van der Waals surface area (Å²) in [4.78, 5) is 0. The summed E-state index contributed by atoms with van der Waals surface area (Å²) in [6, 6.07) is 3.41. The molecule has 2 atom stereocenters. The highest BCUT2D eigenvalue weighted by Gasteiger charge is 2.27. The predicted molar refractivity (Wildman–Crippen MR) is 80.0 cm³/mol. The molecular weight excluding hydrogens is 360 g/mol. The lowest BCUT2D eigenvalue weighted by Crippen LogP contribution is -2.48. The largest absolute Gasteiger partial charge is 0.316 e. The molecule has 2 unspecified atom stereocenters. The monoisotopic (exact) mass is 374 g/mol. The van der Waals surface area contributed by atoms with Gasteiger partial charge in [-0.2, -0.15) is 0 Å². The van der Waals surface area contributed by atoms with E-state index < -0.39 is 10.0 Å². The summed E-state index contributed by atoms with van der Waals surface area (Å²) in [5.74, 6) is 0.321. The number of halogens is 2. The molecule has 1 aromatic rings. The van der Waals surface area contributed by atoms with Crippen LogP contribution in [-0.2, 0) is 10.0 Å². The first kappa shape index (κ1) is 16.4. The summed E-state index contributed by atoms with van der Waals surface area (Å²) in [5.41, 5.74) is 0. The van der Waals surface area contributed by atoms with Crippen molar-refractivity contribution in [3.63, 3.8) is 0 Å². The van der Waals surface area contributed by atoms with Crippen molar-refractivity contribution in [3.05, 3.63) is 15.9 Å². The molecule has 18 heavy (non-hydrogen) atoms. The first-order chi connectivity index (χ1) is 7.99. The van der Waals surface area contributed by atoms with Crippen molar-refractivity contribution in [3.8, 4) is 0 Å². The Kier molecular flexibility index (Phi) is 6.08. The topological polar surface area (TPSA) is 58.2 Å². The summed E-state index contributed by atoms with van der Waals surface area (Å²) in [6.07, 6.45) is 0.840. The highest BCUT2D eigenvalue weighted by atomic mass is 79.9. The maximum Gasteiger partial charge on any atom is 0.250 e. The van der Waals surface area contributed by atoms with E-state index in [1.807, 2.05) is 0 Å². The first-order valence-corrected chi connectivity index (χ1v) is 8.57. The highest BCUT2D eigenvalue weighted by molar-refractivity contribution is 9.11. The van der Waals surface area contributed by atoms with Gasteiger partial charge in [-0.15, -0.1) is 23.7 Å². The summed E-state index contributed by atoms with van der Waals surface area (Å²) in [7, 11) is -3.36. The van der Waals surface area contributed by atoms with Gasteiger partial charge in [0.25, 0.3) is 0 Å². The number of hydrogen-bond donors (Lipinski definition) is 2. The second-order valence-corrected chi connectivity index (χ2v) is 8.66. The highest BCUT2D eigenvalue weighted by Crippen LogP contribution is 2.26. The van der Waals surface area contributed by atoms with Crippen LogP contribution in [0.4, 0.5) is 0 Å². The third kappa shape index (κ3) is 3.91. The molecule has 1 fully saturated rings. The van der Waals surface area contributed by atoms with Crippen LogP contribution in [0.25, 0.3) is 0 Å². The lowest BCUT2D eigenvalue weighted by atomic mass is 9.97. The molecule has 2 heterocycles. The molecule has 0 saturated carbocycles. The van der Waals surface area contributed by atoms with Gasteiger partial charge >= 0.3 is 0 Å². The fourth-order valence-electron chi connectivity index (χ4n) is 1.89. The van der Waals surface area contributed by atoms with E-state index in [0.717, 1.165) is 23.3 Å². The maximum absolute atomic E-state index is 12.1. The molecule has 0 aromatic carbocycles. The lowest BCUT2D eigenvalue weighted by molar-refractivity contribution is 0.328. The third-order valence-corrected chi connectivity index (χ3v) is 6.51. The Balaban J connectivity index is 0.00000162. The molecule has 0 radical (unpaired) electrons.